The number of hydrogen-bond acceptors (Lipinski definition) is 1. The molecular weight excluding hydrogens is 134 g/mol. The summed E-state index contributed by atoms with van der Waals surface area (Å²) in [5.41, 5.74) is 2.80. The summed E-state index contributed by atoms with van der Waals surface area (Å²) in [5, 5.41) is 8.49. The van der Waals surface area contributed by atoms with Crippen molar-refractivity contribution in [1.82, 2.24) is 0 Å². The van der Waals surface area contributed by atoms with Crippen LogP contribution in [0.15, 0.2) is 30.8 Å². The fourth-order valence-corrected chi connectivity index (χ4v) is 0.829. The molecular formula is C10H9N. The molecule has 0 saturated heterocycles. The minimum Gasteiger partial charge on any atom is -0.192 e. The molecule has 0 aliphatic carbocycles. The third kappa shape index (κ3) is 1.68. The lowest BCUT2D eigenvalue weighted by Gasteiger charge is -1.96. The topological polar surface area (TPSA) is 23.8 Å². The molecule has 1 aromatic carbocycles. The molecule has 0 saturated carbocycles. The predicted molar refractivity (Wildman–Crippen MR) is 45.9 cm³/mol. The van der Waals surface area contributed by atoms with Crippen molar-refractivity contribution in [3.8, 4) is 6.07 Å². The second-order valence-electron chi connectivity index (χ2n) is 2.47. The summed E-state index contributed by atoms with van der Waals surface area (Å²) in [6.07, 6.45) is 0. The molecule has 1 rings (SSSR count). The van der Waals surface area contributed by atoms with Crippen molar-refractivity contribution in [1.29, 1.82) is 5.26 Å². The summed E-state index contributed by atoms with van der Waals surface area (Å²) < 4.78 is 0. The van der Waals surface area contributed by atoms with Gasteiger partial charge in [0.05, 0.1) is 11.6 Å². The lowest BCUT2D eigenvalue weighted by Crippen LogP contribution is -1.78. The molecule has 1 nitrogen and oxygen atoms in total. The van der Waals surface area contributed by atoms with Crippen LogP contribution in [0.5, 0.6) is 0 Å². The van der Waals surface area contributed by atoms with Gasteiger partial charge in [-0.3, -0.25) is 0 Å². The van der Waals surface area contributed by atoms with Gasteiger partial charge in [0.2, 0.25) is 0 Å². The van der Waals surface area contributed by atoms with Gasteiger partial charge in [-0.25, -0.2) is 0 Å². The molecule has 0 spiro atoms. The minimum atomic E-state index is 0.690. The van der Waals surface area contributed by atoms with Crippen molar-refractivity contribution in [2.45, 2.75) is 6.92 Å². The number of nitrogens with zero attached hydrogens (tertiary/aromatic N) is 1. The normalized spacial score (nSPS) is 8.73. The van der Waals surface area contributed by atoms with E-state index in [0.717, 1.165) is 11.1 Å². The number of benzene rings is 1. The molecule has 0 bridgehead atoms. The third-order valence-corrected chi connectivity index (χ3v) is 1.51. The summed E-state index contributed by atoms with van der Waals surface area (Å²) in [6.45, 7) is 5.74. The zero-order chi connectivity index (χ0) is 8.27. The Labute approximate surface area is 66.6 Å². The maximum atomic E-state index is 8.49. The fourth-order valence-electron chi connectivity index (χ4n) is 0.829. The largest absolute Gasteiger partial charge is 0.192 e. The Hall–Kier alpha value is -1.55. The second-order valence-corrected chi connectivity index (χ2v) is 2.47. The number of nitriles is 1. The average Bonchev–Trinajstić information content (AvgIpc) is 2.05. The summed E-state index contributed by atoms with van der Waals surface area (Å²) in [4.78, 5) is 0. The Morgan fingerprint density at radius 1 is 1.36 bits per heavy atom. The highest BCUT2D eigenvalue weighted by Gasteiger charge is 1.92. The van der Waals surface area contributed by atoms with Crippen LogP contribution < -0.4 is 0 Å². The van der Waals surface area contributed by atoms with Gasteiger partial charge in [-0.1, -0.05) is 24.3 Å². The van der Waals surface area contributed by atoms with Gasteiger partial charge in [0.25, 0.3) is 0 Å². The molecule has 0 aliphatic rings. The first-order valence-electron chi connectivity index (χ1n) is 3.40. The van der Waals surface area contributed by atoms with E-state index in [4.69, 9.17) is 5.26 Å². The molecule has 1 aromatic rings. The molecule has 0 N–H and O–H groups in total. The highest BCUT2D eigenvalue weighted by molar-refractivity contribution is 5.61. The maximum absolute atomic E-state index is 8.49. The quantitative estimate of drug-likeness (QED) is 0.592. The van der Waals surface area contributed by atoms with Crippen LogP contribution in [0.4, 0.5) is 0 Å². The molecule has 11 heavy (non-hydrogen) atoms. The van der Waals surface area contributed by atoms with E-state index in [2.05, 4.69) is 12.6 Å². The van der Waals surface area contributed by atoms with E-state index < -0.39 is 0 Å². The molecule has 0 heterocycles. The van der Waals surface area contributed by atoms with Crippen LogP contribution in [-0.2, 0) is 0 Å². The monoisotopic (exact) mass is 143 g/mol. The first-order chi connectivity index (χ1) is 5.24. The smallest absolute Gasteiger partial charge is 0.0991 e. The van der Waals surface area contributed by atoms with Crippen LogP contribution in [0.3, 0.4) is 0 Å². The zero-order valence-corrected chi connectivity index (χ0v) is 6.46. The van der Waals surface area contributed by atoms with E-state index in [-0.39, 0.29) is 0 Å². The van der Waals surface area contributed by atoms with E-state index in [1.165, 1.54) is 0 Å². The minimum absolute atomic E-state index is 0.690. The van der Waals surface area contributed by atoms with Crippen LogP contribution in [0.25, 0.3) is 5.57 Å². The highest BCUT2D eigenvalue weighted by Crippen LogP contribution is 2.11. The fraction of sp³-hybridized carbons (Fsp3) is 0.100. The first-order valence-corrected chi connectivity index (χ1v) is 3.40. The van der Waals surface area contributed by atoms with Crippen LogP contribution in [0, 0.1) is 11.3 Å². The Bertz CT molecular complexity index is 301. The molecule has 0 atom stereocenters. The van der Waals surface area contributed by atoms with Crippen molar-refractivity contribution >= 4 is 5.57 Å². The first kappa shape index (κ1) is 7.56. The molecule has 1 heteroatoms. The van der Waals surface area contributed by atoms with Gasteiger partial charge in [-0.15, -0.1) is 0 Å². The Morgan fingerprint density at radius 3 is 2.27 bits per heavy atom. The van der Waals surface area contributed by atoms with E-state index >= 15 is 0 Å². The highest BCUT2D eigenvalue weighted by atomic mass is 14.2. The van der Waals surface area contributed by atoms with Crippen molar-refractivity contribution in [2.24, 2.45) is 0 Å². The van der Waals surface area contributed by atoms with Gasteiger partial charge in [-0.05, 0) is 24.6 Å². The van der Waals surface area contributed by atoms with Crippen molar-refractivity contribution in [2.75, 3.05) is 0 Å². The summed E-state index contributed by atoms with van der Waals surface area (Å²) in [6, 6.07) is 9.46. The molecule has 0 fully saturated rings. The Balaban J connectivity index is 3.03. The van der Waals surface area contributed by atoms with Crippen LogP contribution >= 0.6 is 0 Å². The number of rotatable bonds is 1. The van der Waals surface area contributed by atoms with Crippen molar-refractivity contribution in [3.63, 3.8) is 0 Å². The molecule has 54 valence electrons. The van der Waals surface area contributed by atoms with Crippen molar-refractivity contribution < 1.29 is 0 Å². The number of allylic oxidation sites excluding steroid dienone is 1. The zero-order valence-electron chi connectivity index (χ0n) is 6.46. The average molecular weight is 143 g/mol. The van der Waals surface area contributed by atoms with Gasteiger partial charge in [0.15, 0.2) is 0 Å². The maximum Gasteiger partial charge on any atom is 0.0991 e. The van der Waals surface area contributed by atoms with E-state index in [1.54, 1.807) is 12.1 Å². The second kappa shape index (κ2) is 3.03. The number of hydrogen-bond donors (Lipinski definition) is 0. The third-order valence-electron chi connectivity index (χ3n) is 1.51. The van der Waals surface area contributed by atoms with Crippen LogP contribution in [-0.4, -0.2) is 0 Å². The summed E-state index contributed by atoms with van der Waals surface area (Å²) in [5.74, 6) is 0. The van der Waals surface area contributed by atoms with Crippen LogP contribution in [0.1, 0.15) is 18.1 Å². The standard InChI is InChI=1S/C10H9N/c1-8(2)10-5-3-9(7-11)4-6-10/h3-6H,1H2,2H3. The van der Waals surface area contributed by atoms with E-state index in [1.807, 2.05) is 19.1 Å². The molecule has 0 radical (unpaired) electrons. The molecule has 0 aliphatic heterocycles. The lowest BCUT2D eigenvalue weighted by molar-refractivity contribution is 1.47. The Morgan fingerprint density at radius 2 is 1.91 bits per heavy atom. The van der Waals surface area contributed by atoms with E-state index in [9.17, 15) is 0 Å². The SMILES string of the molecule is C=C(C)c1ccc(C#N)cc1. The summed E-state index contributed by atoms with van der Waals surface area (Å²) >= 11 is 0. The van der Waals surface area contributed by atoms with Gasteiger partial charge >= 0.3 is 0 Å². The summed E-state index contributed by atoms with van der Waals surface area (Å²) in [7, 11) is 0. The molecule has 0 aromatic heterocycles. The van der Waals surface area contributed by atoms with Gasteiger partial charge in [0.1, 0.15) is 0 Å². The van der Waals surface area contributed by atoms with Gasteiger partial charge in [0, 0.05) is 0 Å². The van der Waals surface area contributed by atoms with Gasteiger partial charge < -0.3 is 0 Å². The lowest BCUT2D eigenvalue weighted by atomic mass is 10.1. The van der Waals surface area contributed by atoms with Crippen molar-refractivity contribution in [3.05, 3.63) is 42.0 Å². The van der Waals surface area contributed by atoms with E-state index in [0.29, 0.717) is 5.56 Å². The van der Waals surface area contributed by atoms with Crippen LogP contribution in [0.2, 0.25) is 0 Å². The molecule has 0 unspecified atom stereocenters. The Kier molecular flexibility index (Phi) is 2.08. The molecule has 0 amide bonds. The van der Waals surface area contributed by atoms with Gasteiger partial charge in [-0.2, -0.15) is 5.26 Å². The predicted octanol–water partition coefficient (Wildman–Crippen LogP) is 2.59.